The van der Waals surface area contributed by atoms with Gasteiger partial charge in [-0.25, -0.2) is 9.37 Å². The summed E-state index contributed by atoms with van der Waals surface area (Å²) in [5, 5.41) is 0. The van der Waals surface area contributed by atoms with E-state index in [1.54, 1.807) is 0 Å². The van der Waals surface area contributed by atoms with E-state index in [4.69, 9.17) is 0 Å². The molecule has 94 valence electrons. The fraction of sp³-hybridized carbons (Fsp3) is 0.0833. The summed E-state index contributed by atoms with van der Waals surface area (Å²) in [6.07, 6.45) is -3.84. The molecule has 0 saturated heterocycles. The molecule has 0 amide bonds. The van der Waals surface area contributed by atoms with Crippen molar-refractivity contribution in [2.45, 2.75) is 6.18 Å². The number of hydrogen-bond acceptors (Lipinski definition) is 1. The zero-order valence-corrected chi connectivity index (χ0v) is 8.80. The van der Waals surface area contributed by atoms with Crippen molar-refractivity contribution in [1.82, 2.24) is 4.98 Å². The third-order valence-corrected chi connectivity index (χ3v) is 2.36. The quantitative estimate of drug-likeness (QED) is 0.556. The van der Waals surface area contributed by atoms with Gasteiger partial charge in [-0.3, -0.25) is 0 Å². The van der Waals surface area contributed by atoms with E-state index >= 15 is 0 Å². The van der Waals surface area contributed by atoms with Crippen molar-refractivity contribution in [1.29, 1.82) is 0 Å². The number of benzene rings is 1. The fourth-order valence-electron chi connectivity index (χ4n) is 1.60. The predicted octanol–water partition coefficient (Wildman–Crippen LogP) is 4.05. The highest BCUT2D eigenvalue weighted by Crippen LogP contribution is 2.38. The highest BCUT2D eigenvalue weighted by atomic mass is 19.4. The predicted molar refractivity (Wildman–Crippen MR) is 54.6 cm³/mol. The number of nitrogens with zero attached hydrogens (tertiary/aromatic N) is 1. The van der Waals surface area contributed by atoms with E-state index in [1.807, 2.05) is 0 Å². The molecular weight excluding hydrogens is 253 g/mol. The van der Waals surface area contributed by atoms with Gasteiger partial charge in [-0.15, -0.1) is 0 Å². The minimum Gasteiger partial charge on any atom is -0.228 e. The van der Waals surface area contributed by atoms with Crippen LogP contribution in [-0.2, 0) is 6.18 Å². The molecule has 0 radical (unpaired) electrons. The zero-order chi connectivity index (χ0) is 13.3. The zero-order valence-electron chi connectivity index (χ0n) is 8.80. The maximum absolute atomic E-state index is 13.5. The Morgan fingerprint density at radius 1 is 0.944 bits per heavy atom. The summed E-state index contributed by atoms with van der Waals surface area (Å²) in [4.78, 5) is 3.17. The van der Waals surface area contributed by atoms with Crippen LogP contribution in [0.3, 0.4) is 0 Å². The highest BCUT2D eigenvalue weighted by Gasteiger charge is 2.34. The van der Waals surface area contributed by atoms with Crippen molar-refractivity contribution in [3.05, 3.63) is 53.9 Å². The van der Waals surface area contributed by atoms with Crippen LogP contribution in [0.15, 0.2) is 36.5 Å². The van der Waals surface area contributed by atoms with E-state index in [0.717, 1.165) is 30.5 Å². The minimum absolute atomic E-state index is 0.562. The van der Waals surface area contributed by atoms with Crippen LogP contribution in [0.25, 0.3) is 11.1 Å². The Kier molecular flexibility index (Phi) is 3.02. The fourth-order valence-corrected chi connectivity index (χ4v) is 1.60. The molecule has 6 heteroatoms. The number of alkyl halides is 3. The Labute approximate surface area is 98.9 Å². The molecular formula is C12H6F5N. The van der Waals surface area contributed by atoms with Crippen LogP contribution in [0.5, 0.6) is 0 Å². The van der Waals surface area contributed by atoms with Gasteiger partial charge in [0.2, 0.25) is 5.95 Å². The Bertz CT molecular complexity index is 557. The first-order valence-electron chi connectivity index (χ1n) is 4.88. The molecule has 0 atom stereocenters. The van der Waals surface area contributed by atoms with Gasteiger partial charge in [-0.2, -0.15) is 17.6 Å². The number of aromatic nitrogens is 1. The summed E-state index contributed by atoms with van der Waals surface area (Å²) in [6, 6.07) is 5.01. The first-order chi connectivity index (χ1) is 8.41. The Balaban J connectivity index is 2.73. The molecule has 0 aliphatic rings. The molecule has 0 fully saturated rings. The van der Waals surface area contributed by atoms with Gasteiger partial charge in [0.05, 0.1) is 11.1 Å². The van der Waals surface area contributed by atoms with Crippen LogP contribution >= 0.6 is 0 Å². The molecule has 0 bridgehead atoms. The van der Waals surface area contributed by atoms with Gasteiger partial charge < -0.3 is 0 Å². The molecule has 1 aromatic heterocycles. The monoisotopic (exact) mass is 259 g/mol. The average molecular weight is 259 g/mol. The van der Waals surface area contributed by atoms with Crippen LogP contribution in [0.1, 0.15) is 5.56 Å². The number of halogens is 5. The lowest BCUT2D eigenvalue weighted by Crippen LogP contribution is -2.08. The molecule has 1 nitrogen and oxygen atoms in total. The van der Waals surface area contributed by atoms with Crippen molar-refractivity contribution in [2.75, 3.05) is 0 Å². The van der Waals surface area contributed by atoms with E-state index in [-0.39, 0.29) is 0 Å². The molecule has 0 spiro atoms. The van der Waals surface area contributed by atoms with E-state index in [1.165, 1.54) is 6.07 Å². The smallest absolute Gasteiger partial charge is 0.228 e. The first kappa shape index (κ1) is 12.5. The number of rotatable bonds is 1. The Morgan fingerprint density at radius 2 is 1.61 bits per heavy atom. The normalized spacial score (nSPS) is 11.6. The van der Waals surface area contributed by atoms with Gasteiger partial charge in [-0.05, 0) is 12.1 Å². The van der Waals surface area contributed by atoms with Gasteiger partial charge in [-0.1, -0.05) is 18.2 Å². The molecule has 0 N–H and O–H groups in total. The van der Waals surface area contributed by atoms with E-state index < -0.39 is 34.6 Å². The van der Waals surface area contributed by atoms with Crippen LogP contribution in [0.4, 0.5) is 22.0 Å². The topological polar surface area (TPSA) is 12.9 Å². The molecule has 0 saturated carbocycles. The highest BCUT2D eigenvalue weighted by molar-refractivity contribution is 5.68. The molecule has 2 rings (SSSR count). The van der Waals surface area contributed by atoms with Crippen LogP contribution in [0.2, 0.25) is 0 Å². The first-order valence-corrected chi connectivity index (χ1v) is 4.88. The lowest BCUT2D eigenvalue weighted by Gasteiger charge is -2.13. The number of pyridine rings is 1. The van der Waals surface area contributed by atoms with Gasteiger partial charge in [0.25, 0.3) is 0 Å². The Hall–Kier alpha value is -1.98. The molecule has 2 aromatic rings. The largest absolute Gasteiger partial charge is 0.417 e. The summed E-state index contributed by atoms with van der Waals surface area (Å²) in [6.45, 7) is 0. The summed E-state index contributed by atoms with van der Waals surface area (Å²) in [5.74, 6) is -2.36. The molecule has 0 aliphatic carbocycles. The van der Waals surface area contributed by atoms with Gasteiger partial charge >= 0.3 is 6.18 Å². The van der Waals surface area contributed by atoms with Crippen molar-refractivity contribution in [3.63, 3.8) is 0 Å². The summed E-state index contributed by atoms with van der Waals surface area (Å²) < 4.78 is 65.0. The molecule has 1 heterocycles. The van der Waals surface area contributed by atoms with E-state index in [0.29, 0.717) is 0 Å². The van der Waals surface area contributed by atoms with Crippen LogP contribution in [-0.4, -0.2) is 4.98 Å². The van der Waals surface area contributed by atoms with Gasteiger partial charge in [0.15, 0.2) is 0 Å². The molecule has 0 aliphatic heterocycles. The van der Waals surface area contributed by atoms with Crippen molar-refractivity contribution in [2.24, 2.45) is 0 Å². The van der Waals surface area contributed by atoms with Crippen molar-refractivity contribution in [3.8, 4) is 11.1 Å². The summed E-state index contributed by atoms with van der Waals surface area (Å²) >= 11 is 0. The molecule has 0 unspecified atom stereocenters. The lowest BCUT2D eigenvalue weighted by molar-refractivity contribution is -0.137. The standard InChI is InChI=1S/C12H6F5N/c13-9-5-6-18-11(14)10(9)7-3-1-2-4-8(7)12(15,16)17/h1-6H. The van der Waals surface area contributed by atoms with Crippen LogP contribution in [0, 0.1) is 11.8 Å². The second-order valence-corrected chi connectivity index (χ2v) is 3.50. The van der Waals surface area contributed by atoms with Crippen molar-refractivity contribution < 1.29 is 22.0 Å². The SMILES string of the molecule is Fc1ccnc(F)c1-c1ccccc1C(F)(F)F. The minimum atomic E-state index is -4.69. The van der Waals surface area contributed by atoms with E-state index in [2.05, 4.69) is 4.98 Å². The maximum Gasteiger partial charge on any atom is 0.417 e. The lowest BCUT2D eigenvalue weighted by atomic mass is 10.00. The molecule has 1 aromatic carbocycles. The summed E-state index contributed by atoms with van der Waals surface area (Å²) in [5.41, 5.74) is -2.44. The Morgan fingerprint density at radius 3 is 2.22 bits per heavy atom. The second kappa shape index (κ2) is 4.36. The average Bonchev–Trinajstić information content (AvgIpc) is 2.28. The van der Waals surface area contributed by atoms with Crippen molar-refractivity contribution >= 4 is 0 Å². The van der Waals surface area contributed by atoms with Gasteiger partial charge in [0, 0.05) is 11.8 Å². The second-order valence-electron chi connectivity index (χ2n) is 3.50. The summed E-state index contributed by atoms with van der Waals surface area (Å²) in [7, 11) is 0. The third kappa shape index (κ3) is 2.18. The van der Waals surface area contributed by atoms with E-state index in [9.17, 15) is 22.0 Å². The number of hydrogen-bond donors (Lipinski definition) is 0. The van der Waals surface area contributed by atoms with Gasteiger partial charge in [0.1, 0.15) is 5.82 Å². The third-order valence-electron chi connectivity index (χ3n) is 2.36. The maximum atomic E-state index is 13.5. The molecule has 18 heavy (non-hydrogen) atoms. The van der Waals surface area contributed by atoms with Crippen LogP contribution < -0.4 is 0 Å².